The monoisotopic (exact) mass is 451 g/mol. The second-order valence-electron chi connectivity index (χ2n) is 5.81. The molecule has 0 fully saturated rings. The smallest absolute Gasteiger partial charge is 0.320 e. The van der Waals surface area contributed by atoms with E-state index in [0.29, 0.717) is 21.4 Å². The molecule has 0 saturated heterocycles. The largest absolute Gasteiger partial charge is 0.485 e. The zero-order chi connectivity index (χ0) is 22.0. The summed E-state index contributed by atoms with van der Waals surface area (Å²) in [5.41, 5.74) is -0.943. The maximum Gasteiger partial charge on any atom is 0.320 e. The number of methoxy groups -OCH3 is 1. The predicted octanol–water partition coefficient (Wildman–Crippen LogP) is 5.33. The van der Waals surface area contributed by atoms with E-state index in [1.165, 1.54) is 12.1 Å². The lowest BCUT2D eigenvalue weighted by Crippen LogP contribution is -2.11. The topological polar surface area (TPSA) is 138 Å². The second-order valence-corrected chi connectivity index (χ2v) is 6.62. The number of furan rings is 1. The molecule has 0 aliphatic rings. The lowest BCUT2D eigenvalue weighted by atomic mass is 10.2. The van der Waals surface area contributed by atoms with E-state index in [1.54, 1.807) is 18.2 Å². The summed E-state index contributed by atoms with van der Waals surface area (Å²) in [6.45, 7) is 0. The van der Waals surface area contributed by atoms with Crippen LogP contribution in [0.2, 0.25) is 10.0 Å². The first-order chi connectivity index (χ1) is 14.2. The summed E-state index contributed by atoms with van der Waals surface area (Å²) in [6, 6.07) is 9.56. The number of nitrogens with one attached hydrogen (secondary N) is 1. The van der Waals surface area contributed by atoms with Crippen LogP contribution < -0.4 is 10.1 Å². The van der Waals surface area contributed by atoms with E-state index in [-0.39, 0.29) is 11.4 Å². The fraction of sp³-hybridized carbons (Fsp3) is 0.0556. The molecule has 154 valence electrons. The number of nitrogens with zero attached hydrogens (tertiary/aromatic N) is 2. The number of anilines is 1. The van der Waals surface area contributed by atoms with Gasteiger partial charge in [0.05, 0.1) is 32.7 Å². The molecule has 30 heavy (non-hydrogen) atoms. The van der Waals surface area contributed by atoms with Gasteiger partial charge in [-0.25, -0.2) is 0 Å². The van der Waals surface area contributed by atoms with E-state index >= 15 is 0 Å². The third-order valence-corrected chi connectivity index (χ3v) is 4.68. The number of carbonyl (C=O) groups excluding carboxylic acids is 1. The Balaban J connectivity index is 1.91. The van der Waals surface area contributed by atoms with Gasteiger partial charge >= 0.3 is 11.4 Å². The number of nitro groups is 2. The summed E-state index contributed by atoms with van der Waals surface area (Å²) in [5.74, 6) is -1.10. The molecule has 0 bridgehead atoms. The van der Waals surface area contributed by atoms with Gasteiger partial charge in [0, 0.05) is 17.7 Å². The van der Waals surface area contributed by atoms with E-state index in [1.807, 2.05) is 0 Å². The average Bonchev–Trinajstić information content (AvgIpc) is 3.19. The first-order valence-electron chi connectivity index (χ1n) is 8.08. The highest BCUT2D eigenvalue weighted by Gasteiger charge is 2.28. The summed E-state index contributed by atoms with van der Waals surface area (Å²) in [4.78, 5) is 33.2. The zero-order valence-electron chi connectivity index (χ0n) is 15.0. The fourth-order valence-electron chi connectivity index (χ4n) is 2.61. The molecule has 0 radical (unpaired) electrons. The van der Waals surface area contributed by atoms with Gasteiger partial charge in [0.1, 0.15) is 5.76 Å². The summed E-state index contributed by atoms with van der Waals surface area (Å²) < 4.78 is 10.3. The SMILES string of the molecule is COc1c([N+](=O)[O-])cc(NC(=O)c2ccc(-c3ccc(Cl)c(Cl)c3)o2)cc1[N+](=O)[O-]. The molecule has 0 spiro atoms. The van der Waals surface area contributed by atoms with Crippen LogP contribution in [0.4, 0.5) is 17.1 Å². The molecular formula is C18H11Cl2N3O7. The second kappa shape index (κ2) is 8.39. The highest BCUT2D eigenvalue weighted by Crippen LogP contribution is 2.39. The zero-order valence-corrected chi connectivity index (χ0v) is 16.6. The van der Waals surface area contributed by atoms with Crippen molar-refractivity contribution in [1.29, 1.82) is 0 Å². The maximum atomic E-state index is 12.5. The van der Waals surface area contributed by atoms with E-state index in [4.69, 9.17) is 32.4 Å². The summed E-state index contributed by atoms with van der Waals surface area (Å²) in [5, 5.41) is 25.4. The number of hydrogen-bond acceptors (Lipinski definition) is 7. The number of amides is 1. The minimum absolute atomic E-state index is 0.128. The molecular weight excluding hydrogens is 441 g/mol. The number of ether oxygens (including phenoxy) is 1. The highest BCUT2D eigenvalue weighted by atomic mass is 35.5. The van der Waals surface area contributed by atoms with Crippen LogP contribution in [-0.4, -0.2) is 22.9 Å². The number of halogens is 2. The van der Waals surface area contributed by atoms with Crippen molar-refractivity contribution in [2.45, 2.75) is 0 Å². The van der Waals surface area contributed by atoms with Crippen molar-refractivity contribution >= 4 is 46.2 Å². The van der Waals surface area contributed by atoms with Gasteiger partial charge in [0.15, 0.2) is 5.76 Å². The molecule has 0 saturated carbocycles. The molecule has 1 N–H and O–H groups in total. The Hall–Kier alpha value is -3.63. The molecule has 0 atom stereocenters. The molecule has 0 aliphatic carbocycles. The number of carbonyl (C=O) groups is 1. The van der Waals surface area contributed by atoms with E-state index in [2.05, 4.69) is 5.32 Å². The fourth-order valence-corrected chi connectivity index (χ4v) is 2.91. The lowest BCUT2D eigenvalue weighted by Gasteiger charge is -2.07. The van der Waals surface area contributed by atoms with Gasteiger partial charge in [-0.1, -0.05) is 23.2 Å². The van der Waals surface area contributed by atoms with E-state index in [9.17, 15) is 25.0 Å². The normalized spacial score (nSPS) is 10.5. The quantitative estimate of drug-likeness (QED) is 0.394. The summed E-state index contributed by atoms with van der Waals surface area (Å²) >= 11 is 11.8. The third kappa shape index (κ3) is 4.19. The van der Waals surface area contributed by atoms with Gasteiger partial charge in [-0.3, -0.25) is 25.0 Å². The first kappa shape index (κ1) is 21.1. The van der Waals surface area contributed by atoms with Crippen LogP contribution in [0.3, 0.4) is 0 Å². The van der Waals surface area contributed by atoms with Crippen LogP contribution >= 0.6 is 23.2 Å². The van der Waals surface area contributed by atoms with Crippen molar-refractivity contribution in [3.05, 3.63) is 78.5 Å². The predicted molar refractivity (Wildman–Crippen MR) is 108 cm³/mol. The van der Waals surface area contributed by atoms with Crippen molar-refractivity contribution in [3.63, 3.8) is 0 Å². The van der Waals surface area contributed by atoms with Gasteiger partial charge in [-0.05, 0) is 30.3 Å². The highest BCUT2D eigenvalue weighted by molar-refractivity contribution is 6.42. The molecule has 3 rings (SSSR count). The van der Waals surface area contributed by atoms with Gasteiger partial charge in [0.25, 0.3) is 11.7 Å². The van der Waals surface area contributed by atoms with Crippen molar-refractivity contribution in [1.82, 2.24) is 0 Å². The molecule has 2 aromatic carbocycles. The minimum atomic E-state index is -0.850. The molecule has 1 aromatic heterocycles. The van der Waals surface area contributed by atoms with Crippen LogP contribution in [0.25, 0.3) is 11.3 Å². The minimum Gasteiger partial charge on any atom is -0.485 e. The number of rotatable bonds is 6. The van der Waals surface area contributed by atoms with Crippen LogP contribution in [0.15, 0.2) is 46.9 Å². The van der Waals surface area contributed by atoms with Crippen LogP contribution in [-0.2, 0) is 0 Å². The van der Waals surface area contributed by atoms with E-state index < -0.39 is 32.9 Å². The van der Waals surface area contributed by atoms with Gasteiger partial charge < -0.3 is 14.5 Å². The Bertz CT molecular complexity index is 1140. The maximum absolute atomic E-state index is 12.5. The van der Waals surface area contributed by atoms with Gasteiger partial charge in [0.2, 0.25) is 0 Å². The Morgan fingerprint density at radius 2 is 1.63 bits per heavy atom. The summed E-state index contributed by atoms with van der Waals surface area (Å²) in [6.07, 6.45) is 0. The first-order valence-corrected chi connectivity index (χ1v) is 8.84. The van der Waals surface area contributed by atoms with Crippen LogP contribution in [0.1, 0.15) is 10.6 Å². The van der Waals surface area contributed by atoms with Crippen LogP contribution in [0, 0.1) is 20.2 Å². The standard InChI is InChI=1S/C18H11Cl2N3O7/c1-29-17-13(22(25)26)7-10(8-14(17)23(27)28)21-18(24)16-5-4-15(30-16)9-2-3-11(19)12(20)6-9/h2-8H,1H3,(H,21,24). The molecule has 0 unspecified atom stereocenters. The molecule has 12 heteroatoms. The molecule has 3 aromatic rings. The number of hydrogen-bond donors (Lipinski definition) is 1. The Kier molecular flexibility index (Phi) is 5.90. The Morgan fingerprint density at radius 3 is 2.17 bits per heavy atom. The Morgan fingerprint density at radius 1 is 1.00 bits per heavy atom. The van der Waals surface area contributed by atoms with Crippen molar-refractivity contribution in [3.8, 4) is 17.1 Å². The van der Waals surface area contributed by atoms with Crippen molar-refractivity contribution in [2.75, 3.05) is 12.4 Å². The van der Waals surface area contributed by atoms with E-state index in [0.717, 1.165) is 19.2 Å². The number of nitro benzene ring substituents is 2. The third-order valence-electron chi connectivity index (χ3n) is 3.94. The Labute approximate surface area is 178 Å². The molecule has 10 nitrogen and oxygen atoms in total. The lowest BCUT2D eigenvalue weighted by molar-refractivity contribution is -0.395. The number of benzene rings is 2. The molecule has 1 heterocycles. The van der Waals surface area contributed by atoms with Crippen molar-refractivity contribution < 1.29 is 23.8 Å². The van der Waals surface area contributed by atoms with Crippen molar-refractivity contribution in [2.24, 2.45) is 0 Å². The van der Waals surface area contributed by atoms with Crippen LogP contribution in [0.5, 0.6) is 5.75 Å². The van der Waals surface area contributed by atoms with Gasteiger partial charge in [-0.15, -0.1) is 0 Å². The molecule has 1 amide bonds. The average molecular weight is 452 g/mol. The summed E-state index contributed by atoms with van der Waals surface area (Å²) in [7, 11) is 1.07. The van der Waals surface area contributed by atoms with Gasteiger partial charge in [-0.2, -0.15) is 0 Å². The molecule has 0 aliphatic heterocycles.